The van der Waals surface area contributed by atoms with Gasteiger partial charge in [0.2, 0.25) is 0 Å². The number of rotatable bonds is 11. The molecule has 0 heterocycles. The van der Waals surface area contributed by atoms with Crippen LogP contribution in [-0.2, 0) is 9.47 Å². The van der Waals surface area contributed by atoms with Gasteiger partial charge in [-0.1, -0.05) is 51.9 Å². The standard InChI is InChI=1S/C13H30O2Si/c1-4-5-6-7-8-9-10-11-12-13(16,14-2)15-3/h4-12H2,1-3,16H3. The molecule has 0 aliphatic carbocycles. The largest absolute Gasteiger partial charge is 0.358 e. The summed E-state index contributed by atoms with van der Waals surface area (Å²) in [4.78, 5) is 0. The minimum Gasteiger partial charge on any atom is -0.358 e. The van der Waals surface area contributed by atoms with Gasteiger partial charge in [0.1, 0.15) is 5.41 Å². The monoisotopic (exact) mass is 246 g/mol. The van der Waals surface area contributed by atoms with Gasteiger partial charge in [-0.25, -0.2) is 0 Å². The Kier molecular flexibility index (Phi) is 10.4. The molecule has 98 valence electrons. The van der Waals surface area contributed by atoms with Crippen LogP contribution in [0.2, 0.25) is 0 Å². The van der Waals surface area contributed by atoms with Crippen LogP contribution in [0.5, 0.6) is 0 Å². The molecule has 0 rings (SSSR count). The molecule has 0 aromatic heterocycles. The second-order valence-corrected chi connectivity index (χ2v) is 6.29. The molecule has 0 atom stereocenters. The molecule has 0 spiro atoms. The Hall–Kier alpha value is 0.137. The third-order valence-corrected chi connectivity index (χ3v) is 4.66. The summed E-state index contributed by atoms with van der Waals surface area (Å²) >= 11 is 0. The Morgan fingerprint density at radius 1 is 0.812 bits per heavy atom. The quantitative estimate of drug-likeness (QED) is 0.317. The summed E-state index contributed by atoms with van der Waals surface area (Å²) in [5.74, 6) is 0. The molecule has 0 radical (unpaired) electrons. The van der Waals surface area contributed by atoms with Gasteiger partial charge in [0, 0.05) is 14.2 Å². The lowest BCUT2D eigenvalue weighted by atomic mass is 10.1. The zero-order chi connectivity index (χ0) is 12.3. The van der Waals surface area contributed by atoms with Gasteiger partial charge in [-0.15, -0.1) is 0 Å². The van der Waals surface area contributed by atoms with Crippen LogP contribution in [0.4, 0.5) is 0 Å². The maximum absolute atomic E-state index is 5.39. The predicted octanol–water partition coefficient (Wildman–Crippen LogP) is 2.83. The summed E-state index contributed by atoms with van der Waals surface area (Å²) in [5, 5.41) is 0. The van der Waals surface area contributed by atoms with Gasteiger partial charge in [-0.3, -0.25) is 0 Å². The average molecular weight is 246 g/mol. The van der Waals surface area contributed by atoms with Crippen molar-refractivity contribution in [3.63, 3.8) is 0 Å². The zero-order valence-corrected chi connectivity index (χ0v) is 13.7. The molecule has 0 aromatic carbocycles. The van der Waals surface area contributed by atoms with Crippen LogP contribution < -0.4 is 0 Å². The maximum atomic E-state index is 5.39. The third kappa shape index (κ3) is 8.31. The van der Waals surface area contributed by atoms with Crippen LogP contribution in [-0.4, -0.2) is 29.9 Å². The lowest BCUT2D eigenvalue weighted by molar-refractivity contribution is -0.146. The van der Waals surface area contributed by atoms with E-state index in [-0.39, 0.29) is 5.41 Å². The van der Waals surface area contributed by atoms with Crippen molar-refractivity contribution in [2.45, 2.75) is 70.1 Å². The van der Waals surface area contributed by atoms with E-state index in [1.807, 2.05) is 0 Å². The van der Waals surface area contributed by atoms with E-state index in [9.17, 15) is 0 Å². The van der Waals surface area contributed by atoms with Gasteiger partial charge < -0.3 is 9.47 Å². The van der Waals surface area contributed by atoms with Crippen molar-refractivity contribution in [2.75, 3.05) is 14.2 Å². The predicted molar refractivity (Wildman–Crippen MR) is 73.9 cm³/mol. The SMILES string of the molecule is CCCCCCCCCCC([SiH3])(OC)OC. The van der Waals surface area contributed by atoms with Crippen molar-refractivity contribution in [3.05, 3.63) is 0 Å². The molecule has 0 bridgehead atoms. The van der Waals surface area contributed by atoms with E-state index in [2.05, 4.69) is 6.92 Å². The van der Waals surface area contributed by atoms with Gasteiger partial charge in [0.15, 0.2) is 0 Å². The van der Waals surface area contributed by atoms with Crippen LogP contribution in [0.3, 0.4) is 0 Å². The topological polar surface area (TPSA) is 18.5 Å². The molecule has 3 heteroatoms. The Bertz CT molecular complexity index is 147. The summed E-state index contributed by atoms with van der Waals surface area (Å²) < 4.78 is 10.8. The molecule has 0 amide bonds. The Morgan fingerprint density at radius 3 is 1.69 bits per heavy atom. The first-order chi connectivity index (χ1) is 7.68. The molecule has 0 saturated carbocycles. The summed E-state index contributed by atoms with van der Waals surface area (Å²) in [6.45, 7) is 2.26. The Morgan fingerprint density at radius 2 is 1.25 bits per heavy atom. The summed E-state index contributed by atoms with van der Waals surface area (Å²) in [7, 11) is 4.45. The van der Waals surface area contributed by atoms with Gasteiger partial charge in [0.05, 0.1) is 10.2 Å². The molecule has 16 heavy (non-hydrogen) atoms. The fourth-order valence-corrected chi connectivity index (χ4v) is 2.22. The zero-order valence-electron chi connectivity index (χ0n) is 11.7. The van der Waals surface area contributed by atoms with Gasteiger partial charge in [0.25, 0.3) is 0 Å². The summed E-state index contributed by atoms with van der Waals surface area (Å²) in [6.07, 6.45) is 11.9. The highest BCUT2D eigenvalue weighted by Crippen LogP contribution is 2.17. The number of methoxy groups -OCH3 is 2. The van der Waals surface area contributed by atoms with E-state index in [0.29, 0.717) is 0 Å². The van der Waals surface area contributed by atoms with Crippen LogP contribution in [0, 0.1) is 0 Å². The first-order valence-corrected chi connectivity index (χ1v) is 7.79. The minimum absolute atomic E-state index is 0.234. The van der Waals surface area contributed by atoms with E-state index in [1.165, 1.54) is 51.4 Å². The van der Waals surface area contributed by atoms with Gasteiger partial charge in [-0.2, -0.15) is 0 Å². The lowest BCUT2D eigenvalue weighted by Gasteiger charge is -2.26. The van der Waals surface area contributed by atoms with E-state index < -0.39 is 0 Å². The van der Waals surface area contributed by atoms with Crippen molar-refractivity contribution in [1.82, 2.24) is 0 Å². The normalized spacial score (nSPS) is 12.2. The van der Waals surface area contributed by atoms with Gasteiger partial charge >= 0.3 is 0 Å². The van der Waals surface area contributed by atoms with E-state index in [4.69, 9.17) is 9.47 Å². The second-order valence-electron chi connectivity index (χ2n) is 4.77. The minimum atomic E-state index is -0.234. The summed E-state index contributed by atoms with van der Waals surface area (Å²) in [5.41, 5.74) is -0.234. The molecule has 0 fully saturated rings. The number of ether oxygens (including phenoxy) is 2. The molecule has 2 nitrogen and oxygen atoms in total. The number of hydrogen-bond acceptors (Lipinski definition) is 2. The second kappa shape index (κ2) is 10.3. The van der Waals surface area contributed by atoms with Crippen LogP contribution in [0.25, 0.3) is 0 Å². The highest BCUT2D eigenvalue weighted by molar-refractivity contribution is 6.13. The van der Waals surface area contributed by atoms with Crippen LogP contribution >= 0.6 is 0 Å². The average Bonchev–Trinajstić information content (AvgIpc) is 2.32. The number of hydrogen-bond donors (Lipinski definition) is 0. The molecule has 0 aromatic rings. The van der Waals surface area contributed by atoms with Crippen molar-refractivity contribution >= 4 is 10.2 Å². The molecule has 0 unspecified atom stereocenters. The van der Waals surface area contributed by atoms with Gasteiger partial charge in [-0.05, 0) is 12.8 Å². The molecule has 0 aliphatic rings. The first kappa shape index (κ1) is 16.1. The molecular weight excluding hydrogens is 216 g/mol. The summed E-state index contributed by atoms with van der Waals surface area (Å²) in [6, 6.07) is 0. The lowest BCUT2D eigenvalue weighted by Crippen LogP contribution is -2.33. The van der Waals surface area contributed by atoms with E-state index in [1.54, 1.807) is 14.2 Å². The van der Waals surface area contributed by atoms with E-state index in [0.717, 1.165) is 16.7 Å². The number of unbranched alkanes of at least 4 members (excludes halogenated alkanes) is 7. The van der Waals surface area contributed by atoms with E-state index >= 15 is 0 Å². The van der Waals surface area contributed by atoms with Crippen molar-refractivity contribution < 1.29 is 9.47 Å². The molecule has 0 N–H and O–H groups in total. The maximum Gasteiger partial charge on any atom is 0.140 e. The molecular formula is C13H30O2Si. The van der Waals surface area contributed by atoms with Crippen LogP contribution in [0.1, 0.15) is 64.7 Å². The molecule has 0 aliphatic heterocycles. The fourth-order valence-electron chi connectivity index (χ4n) is 1.87. The first-order valence-electron chi connectivity index (χ1n) is 6.79. The third-order valence-electron chi connectivity index (χ3n) is 3.35. The highest BCUT2D eigenvalue weighted by atomic mass is 28.1. The van der Waals surface area contributed by atoms with Crippen molar-refractivity contribution in [2.24, 2.45) is 0 Å². The fraction of sp³-hybridized carbons (Fsp3) is 1.00. The van der Waals surface area contributed by atoms with Crippen molar-refractivity contribution in [3.8, 4) is 0 Å². The van der Waals surface area contributed by atoms with Crippen molar-refractivity contribution in [1.29, 1.82) is 0 Å². The molecule has 0 saturated heterocycles. The highest BCUT2D eigenvalue weighted by Gasteiger charge is 2.20. The smallest absolute Gasteiger partial charge is 0.140 e. The van der Waals surface area contributed by atoms with Crippen LogP contribution in [0.15, 0.2) is 0 Å². The Balaban J connectivity index is 3.26. The Labute approximate surface area is 105 Å².